The molecule has 1 aromatic heterocycles. The van der Waals surface area contributed by atoms with E-state index < -0.39 is 5.41 Å². The van der Waals surface area contributed by atoms with Crippen LogP contribution in [0.1, 0.15) is 18.7 Å². The first-order valence-corrected chi connectivity index (χ1v) is 6.34. The standard InChI is InChI=1S/C10H15BrN2OS/c1-10(2,6-12)9(14)13-4-8-3-7(11)5-15-8/h3,5H,4,6,12H2,1-2H3,(H,13,14). The van der Waals surface area contributed by atoms with E-state index >= 15 is 0 Å². The summed E-state index contributed by atoms with van der Waals surface area (Å²) in [6.07, 6.45) is 0. The SMILES string of the molecule is CC(C)(CN)C(=O)NCc1cc(Br)cs1. The molecule has 1 amide bonds. The highest BCUT2D eigenvalue weighted by Gasteiger charge is 2.25. The molecule has 1 aromatic rings. The minimum absolute atomic E-state index is 0.00507. The molecule has 5 heteroatoms. The van der Waals surface area contributed by atoms with Crippen molar-refractivity contribution in [3.05, 3.63) is 20.8 Å². The molecule has 0 spiro atoms. The third kappa shape index (κ3) is 3.59. The Morgan fingerprint density at radius 3 is 2.80 bits per heavy atom. The quantitative estimate of drug-likeness (QED) is 0.892. The third-order valence-corrected chi connectivity index (χ3v) is 3.87. The van der Waals surface area contributed by atoms with Gasteiger partial charge in [-0.2, -0.15) is 0 Å². The molecule has 0 radical (unpaired) electrons. The van der Waals surface area contributed by atoms with Gasteiger partial charge in [0, 0.05) is 21.3 Å². The van der Waals surface area contributed by atoms with Gasteiger partial charge < -0.3 is 11.1 Å². The zero-order valence-corrected chi connectivity index (χ0v) is 11.2. The van der Waals surface area contributed by atoms with E-state index in [1.165, 1.54) is 0 Å². The van der Waals surface area contributed by atoms with Crippen LogP contribution in [0.5, 0.6) is 0 Å². The Hall–Kier alpha value is -0.390. The van der Waals surface area contributed by atoms with E-state index in [2.05, 4.69) is 21.2 Å². The fourth-order valence-corrected chi connectivity index (χ4v) is 2.34. The molecule has 0 saturated carbocycles. The number of thiophene rings is 1. The number of halogens is 1. The molecule has 3 nitrogen and oxygen atoms in total. The molecule has 0 aromatic carbocycles. The van der Waals surface area contributed by atoms with Crippen LogP contribution in [0.15, 0.2) is 15.9 Å². The number of hydrogen-bond donors (Lipinski definition) is 2. The topological polar surface area (TPSA) is 55.1 Å². The van der Waals surface area contributed by atoms with Crippen LogP contribution in [-0.2, 0) is 11.3 Å². The molecule has 1 heterocycles. The van der Waals surface area contributed by atoms with Gasteiger partial charge in [-0.05, 0) is 35.8 Å². The normalized spacial score (nSPS) is 11.5. The lowest BCUT2D eigenvalue weighted by molar-refractivity contribution is -0.129. The number of amides is 1. The van der Waals surface area contributed by atoms with Gasteiger partial charge in [-0.15, -0.1) is 11.3 Å². The maximum absolute atomic E-state index is 11.7. The maximum Gasteiger partial charge on any atom is 0.227 e. The van der Waals surface area contributed by atoms with E-state index in [0.717, 1.165) is 9.35 Å². The predicted molar refractivity (Wildman–Crippen MR) is 66.7 cm³/mol. The molecule has 0 bridgehead atoms. The van der Waals surface area contributed by atoms with Crippen LogP contribution in [0.2, 0.25) is 0 Å². The van der Waals surface area contributed by atoms with E-state index in [-0.39, 0.29) is 5.91 Å². The van der Waals surface area contributed by atoms with Crippen LogP contribution in [0, 0.1) is 5.41 Å². The molecular weight excluding hydrogens is 276 g/mol. The molecule has 0 fully saturated rings. The first kappa shape index (κ1) is 12.7. The number of carbonyl (C=O) groups is 1. The Bertz CT molecular complexity index is 349. The summed E-state index contributed by atoms with van der Waals surface area (Å²) in [5.41, 5.74) is 5.02. The summed E-state index contributed by atoms with van der Waals surface area (Å²) < 4.78 is 1.05. The zero-order valence-electron chi connectivity index (χ0n) is 8.84. The summed E-state index contributed by atoms with van der Waals surface area (Å²) in [6.45, 7) is 4.60. The molecule has 0 aliphatic heterocycles. The van der Waals surface area contributed by atoms with Crippen molar-refractivity contribution in [2.45, 2.75) is 20.4 Å². The first-order valence-electron chi connectivity index (χ1n) is 4.67. The fourth-order valence-electron chi connectivity index (χ4n) is 0.946. The molecule has 3 N–H and O–H groups in total. The molecule has 0 saturated heterocycles. The van der Waals surface area contributed by atoms with Crippen LogP contribution in [0.25, 0.3) is 0 Å². The number of nitrogens with one attached hydrogen (secondary N) is 1. The van der Waals surface area contributed by atoms with Crippen molar-refractivity contribution < 1.29 is 4.79 Å². The molecule has 0 unspecified atom stereocenters. The summed E-state index contributed by atoms with van der Waals surface area (Å²) in [5.74, 6) is -0.00507. The monoisotopic (exact) mass is 290 g/mol. The smallest absolute Gasteiger partial charge is 0.227 e. The lowest BCUT2D eigenvalue weighted by atomic mass is 9.93. The van der Waals surface area contributed by atoms with E-state index in [1.807, 2.05) is 25.3 Å². The van der Waals surface area contributed by atoms with Gasteiger partial charge in [0.15, 0.2) is 0 Å². The number of nitrogens with two attached hydrogens (primary N) is 1. The Kier molecular flexibility index (Phi) is 4.31. The van der Waals surface area contributed by atoms with Crippen molar-refractivity contribution >= 4 is 33.2 Å². The Morgan fingerprint density at radius 1 is 1.67 bits per heavy atom. The molecular formula is C10H15BrN2OS. The van der Waals surface area contributed by atoms with Crippen LogP contribution >= 0.6 is 27.3 Å². The zero-order chi connectivity index (χ0) is 11.5. The maximum atomic E-state index is 11.7. The minimum Gasteiger partial charge on any atom is -0.351 e. The van der Waals surface area contributed by atoms with Gasteiger partial charge in [-0.3, -0.25) is 4.79 Å². The number of carbonyl (C=O) groups excluding carboxylic acids is 1. The Labute approximate surface area is 102 Å². The van der Waals surface area contributed by atoms with E-state index in [4.69, 9.17) is 5.73 Å². The largest absolute Gasteiger partial charge is 0.351 e. The van der Waals surface area contributed by atoms with Crippen LogP contribution in [0.4, 0.5) is 0 Å². The van der Waals surface area contributed by atoms with Crippen molar-refractivity contribution in [3.63, 3.8) is 0 Å². The summed E-state index contributed by atoms with van der Waals surface area (Å²) in [7, 11) is 0. The van der Waals surface area contributed by atoms with Gasteiger partial charge in [-0.1, -0.05) is 0 Å². The average Bonchev–Trinajstić information content (AvgIpc) is 2.60. The van der Waals surface area contributed by atoms with Gasteiger partial charge in [-0.25, -0.2) is 0 Å². The summed E-state index contributed by atoms with van der Waals surface area (Å²) in [6, 6.07) is 2.00. The van der Waals surface area contributed by atoms with E-state index in [9.17, 15) is 4.79 Å². The predicted octanol–water partition coefficient (Wildman–Crippen LogP) is 2.11. The lowest BCUT2D eigenvalue weighted by Crippen LogP contribution is -2.41. The fraction of sp³-hybridized carbons (Fsp3) is 0.500. The highest BCUT2D eigenvalue weighted by molar-refractivity contribution is 9.10. The molecule has 0 aliphatic carbocycles. The summed E-state index contributed by atoms with van der Waals surface area (Å²) in [5, 5.41) is 4.87. The third-order valence-electron chi connectivity index (χ3n) is 2.17. The van der Waals surface area contributed by atoms with E-state index in [1.54, 1.807) is 11.3 Å². The average molecular weight is 291 g/mol. The molecule has 0 aliphatic rings. The minimum atomic E-state index is -0.492. The molecule has 0 atom stereocenters. The molecule has 1 rings (SSSR count). The second kappa shape index (κ2) is 5.09. The Balaban J connectivity index is 2.47. The van der Waals surface area contributed by atoms with Crippen molar-refractivity contribution in [1.82, 2.24) is 5.32 Å². The van der Waals surface area contributed by atoms with Gasteiger partial charge in [0.05, 0.1) is 12.0 Å². The Morgan fingerprint density at radius 2 is 2.33 bits per heavy atom. The van der Waals surface area contributed by atoms with Crippen molar-refractivity contribution in [1.29, 1.82) is 0 Å². The highest BCUT2D eigenvalue weighted by Crippen LogP contribution is 2.20. The van der Waals surface area contributed by atoms with Crippen molar-refractivity contribution in [2.24, 2.45) is 11.1 Å². The van der Waals surface area contributed by atoms with Crippen molar-refractivity contribution in [3.8, 4) is 0 Å². The summed E-state index contributed by atoms with van der Waals surface area (Å²) >= 11 is 4.99. The second-order valence-electron chi connectivity index (χ2n) is 4.00. The summed E-state index contributed by atoms with van der Waals surface area (Å²) in [4.78, 5) is 12.8. The number of hydrogen-bond acceptors (Lipinski definition) is 3. The molecule has 84 valence electrons. The van der Waals surface area contributed by atoms with Crippen LogP contribution < -0.4 is 11.1 Å². The van der Waals surface area contributed by atoms with Gasteiger partial charge in [0.1, 0.15) is 0 Å². The molecule has 15 heavy (non-hydrogen) atoms. The second-order valence-corrected chi connectivity index (χ2v) is 5.91. The van der Waals surface area contributed by atoms with Gasteiger partial charge in [0.25, 0.3) is 0 Å². The van der Waals surface area contributed by atoms with Gasteiger partial charge in [0.2, 0.25) is 5.91 Å². The van der Waals surface area contributed by atoms with Gasteiger partial charge >= 0.3 is 0 Å². The van der Waals surface area contributed by atoms with Crippen LogP contribution in [0.3, 0.4) is 0 Å². The van der Waals surface area contributed by atoms with E-state index in [0.29, 0.717) is 13.1 Å². The van der Waals surface area contributed by atoms with Crippen LogP contribution in [-0.4, -0.2) is 12.5 Å². The van der Waals surface area contributed by atoms with Crippen molar-refractivity contribution in [2.75, 3.05) is 6.54 Å². The number of rotatable bonds is 4. The highest BCUT2D eigenvalue weighted by atomic mass is 79.9. The first-order chi connectivity index (χ1) is 6.95. The lowest BCUT2D eigenvalue weighted by Gasteiger charge is -2.20.